The van der Waals surface area contributed by atoms with Gasteiger partial charge < -0.3 is 10.1 Å². The van der Waals surface area contributed by atoms with Gasteiger partial charge in [-0.25, -0.2) is 9.55 Å². The fraction of sp³-hybridized carbons (Fsp3) is 0.545. The highest BCUT2D eigenvalue weighted by Gasteiger charge is 2.27. The Morgan fingerprint density at radius 2 is 1.95 bits per heavy atom. The van der Waals surface area contributed by atoms with Crippen molar-refractivity contribution in [3.8, 4) is 0 Å². The van der Waals surface area contributed by atoms with E-state index in [4.69, 9.17) is 0 Å². The standard InChI is InChI=1S/C11H14N4O4/c1-8-12-7-9(15(18)19)13(8)5-6-14-10(16)3-2-4-11(14)17/h7H,2-6H2,1H3. The van der Waals surface area contributed by atoms with Crippen LogP contribution in [0.2, 0.25) is 0 Å². The lowest BCUT2D eigenvalue weighted by Gasteiger charge is -2.24. The Hall–Kier alpha value is -2.25. The zero-order chi connectivity index (χ0) is 14.0. The number of likely N-dealkylation sites (tertiary alicyclic amines) is 1. The first-order valence-corrected chi connectivity index (χ1v) is 6.00. The van der Waals surface area contributed by atoms with Crippen LogP contribution in [0.3, 0.4) is 0 Å². The molecule has 0 atom stereocenters. The number of hydrogen-bond acceptors (Lipinski definition) is 5. The molecule has 0 aromatic carbocycles. The number of hydrogen-bond donors (Lipinski definition) is 0. The van der Waals surface area contributed by atoms with Gasteiger partial charge in [0.2, 0.25) is 11.8 Å². The van der Waals surface area contributed by atoms with E-state index < -0.39 is 4.92 Å². The van der Waals surface area contributed by atoms with Crippen molar-refractivity contribution in [2.75, 3.05) is 6.54 Å². The first-order chi connectivity index (χ1) is 9.00. The van der Waals surface area contributed by atoms with Gasteiger partial charge in [0.05, 0.1) is 6.54 Å². The molecule has 1 aliphatic heterocycles. The number of carbonyl (C=O) groups excluding carboxylic acids is 2. The van der Waals surface area contributed by atoms with Crippen LogP contribution in [0.5, 0.6) is 0 Å². The van der Waals surface area contributed by atoms with Crippen LogP contribution in [0.15, 0.2) is 6.20 Å². The number of rotatable bonds is 4. The number of piperidine rings is 1. The van der Waals surface area contributed by atoms with Crippen molar-refractivity contribution in [1.82, 2.24) is 14.5 Å². The summed E-state index contributed by atoms with van der Waals surface area (Å²) in [5.41, 5.74) is 0. The Labute approximate surface area is 109 Å². The zero-order valence-corrected chi connectivity index (χ0v) is 10.5. The molecule has 102 valence electrons. The van der Waals surface area contributed by atoms with Gasteiger partial charge in [0.1, 0.15) is 12.7 Å². The van der Waals surface area contributed by atoms with E-state index in [-0.39, 0.29) is 30.7 Å². The summed E-state index contributed by atoms with van der Waals surface area (Å²) in [4.78, 5) is 38.6. The summed E-state index contributed by atoms with van der Waals surface area (Å²) in [6, 6.07) is 0. The van der Waals surface area contributed by atoms with Crippen molar-refractivity contribution in [2.45, 2.75) is 32.7 Å². The Bertz CT molecular complexity index is 521. The van der Waals surface area contributed by atoms with Gasteiger partial charge in [-0.2, -0.15) is 0 Å². The van der Waals surface area contributed by atoms with Crippen LogP contribution in [0, 0.1) is 17.0 Å². The topological polar surface area (TPSA) is 98.3 Å². The largest absolute Gasteiger partial charge is 0.358 e. The number of imidazole rings is 1. The fourth-order valence-electron chi connectivity index (χ4n) is 2.13. The summed E-state index contributed by atoms with van der Waals surface area (Å²) >= 11 is 0. The van der Waals surface area contributed by atoms with Gasteiger partial charge >= 0.3 is 5.82 Å². The molecule has 8 heteroatoms. The van der Waals surface area contributed by atoms with E-state index in [0.717, 1.165) is 0 Å². The van der Waals surface area contributed by atoms with Crippen LogP contribution in [-0.2, 0) is 16.1 Å². The normalized spacial score (nSPS) is 15.9. The SMILES string of the molecule is Cc1ncc([N+](=O)[O-])n1CCN1C(=O)CCCC1=O. The average molecular weight is 266 g/mol. The van der Waals surface area contributed by atoms with E-state index in [1.54, 1.807) is 6.92 Å². The maximum Gasteiger partial charge on any atom is 0.342 e. The van der Waals surface area contributed by atoms with Crippen molar-refractivity contribution in [3.63, 3.8) is 0 Å². The second-order valence-corrected chi connectivity index (χ2v) is 4.37. The highest BCUT2D eigenvalue weighted by atomic mass is 16.6. The van der Waals surface area contributed by atoms with Crippen LogP contribution in [0.1, 0.15) is 25.1 Å². The van der Waals surface area contributed by atoms with E-state index in [1.807, 2.05) is 0 Å². The lowest BCUT2D eigenvalue weighted by Crippen LogP contribution is -2.41. The third-order valence-electron chi connectivity index (χ3n) is 3.15. The summed E-state index contributed by atoms with van der Waals surface area (Å²) in [5.74, 6) is -0.0636. The van der Waals surface area contributed by atoms with Crippen LogP contribution in [0.25, 0.3) is 0 Å². The molecule has 2 amide bonds. The number of aromatic nitrogens is 2. The van der Waals surface area contributed by atoms with Crippen LogP contribution >= 0.6 is 0 Å². The van der Waals surface area contributed by atoms with Gasteiger partial charge in [-0.3, -0.25) is 14.5 Å². The summed E-state index contributed by atoms with van der Waals surface area (Å²) in [5, 5.41) is 10.8. The van der Waals surface area contributed by atoms with Crippen LogP contribution < -0.4 is 0 Å². The number of carbonyl (C=O) groups is 2. The smallest absolute Gasteiger partial charge is 0.342 e. The fourth-order valence-corrected chi connectivity index (χ4v) is 2.13. The molecule has 0 radical (unpaired) electrons. The zero-order valence-electron chi connectivity index (χ0n) is 10.5. The highest BCUT2D eigenvalue weighted by Crippen LogP contribution is 2.16. The quantitative estimate of drug-likeness (QED) is 0.452. The molecule has 0 saturated carbocycles. The summed E-state index contributed by atoms with van der Waals surface area (Å²) in [6.45, 7) is 1.99. The Kier molecular flexibility index (Phi) is 3.59. The lowest BCUT2D eigenvalue weighted by atomic mass is 10.1. The van der Waals surface area contributed by atoms with Gasteiger partial charge in [0.15, 0.2) is 5.82 Å². The Balaban J connectivity index is 2.10. The Morgan fingerprint density at radius 1 is 1.32 bits per heavy atom. The molecule has 19 heavy (non-hydrogen) atoms. The lowest BCUT2D eigenvalue weighted by molar-refractivity contribution is -0.392. The highest BCUT2D eigenvalue weighted by molar-refractivity contribution is 5.97. The molecule has 0 N–H and O–H groups in total. The van der Waals surface area contributed by atoms with E-state index in [0.29, 0.717) is 25.1 Å². The van der Waals surface area contributed by atoms with Crippen LogP contribution in [-0.4, -0.2) is 37.7 Å². The average Bonchev–Trinajstić information content (AvgIpc) is 2.70. The second kappa shape index (κ2) is 5.17. The minimum absolute atomic E-state index is 0.130. The molecule has 0 spiro atoms. The summed E-state index contributed by atoms with van der Waals surface area (Å²) < 4.78 is 1.40. The van der Waals surface area contributed by atoms with Gasteiger partial charge in [-0.1, -0.05) is 0 Å². The number of amides is 2. The molecular formula is C11H14N4O4. The first-order valence-electron chi connectivity index (χ1n) is 6.00. The van der Waals surface area contributed by atoms with E-state index in [2.05, 4.69) is 4.98 Å². The third kappa shape index (κ3) is 2.61. The van der Waals surface area contributed by atoms with Gasteiger partial charge in [0, 0.05) is 19.8 Å². The molecule has 2 heterocycles. The molecule has 1 saturated heterocycles. The van der Waals surface area contributed by atoms with Crippen molar-refractivity contribution in [3.05, 3.63) is 22.1 Å². The molecule has 1 aromatic heterocycles. The Morgan fingerprint density at radius 3 is 2.53 bits per heavy atom. The summed E-state index contributed by atoms with van der Waals surface area (Å²) in [6.07, 6.45) is 2.47. The van der Waals surface area contributed by atoms with E-state index in [1.165, 1.54) is 15.7 Å². The van der Waals surface area contributed by atoms with Crippen molar-refractivity contribution in [2.24, 2.45) is 0 Å². The molecular weight excluding hydrogens is 252 g/mol. The van der Waals surface area contributed by atoms with Crippen molar-refractivity contribution in [1.29, 1.82) is 0 Å². The molecule has 8 nitrogen and oxygen atoms in total. The van der Waals surface area contributed by atoms with Crippen molar-refractivity contribution < 1.29 is 14.5 Å². The second-order valence-electron chi connectivity index (χ2n) is 4.37. The number of imide groups is 1. The molecule has 0 bridgehead atoms. The van der Waals surface area contributed by atoms with Gasteiger partial charge in [0.25, 0.3) is 0 Å². The number of aryl methyl sites for hydroxylation is 1. The predicted molar refractivity (Wildman–Crippen MR) is 64.2 cm³/mol. The van der Waals surface area contributed by atoms with E-state index >= 15 is 0 Å². The maximum absolute atomic E-state index is 11.6. The molecule has 1 aromatic rings. The third-order valence-corrected chi connectivity index (χ3v) is 3.15. The first kappa shape index (κ1) is 13.2. The number of nitro groups is 1. The minimum Gasteiger partial charge on any atom is -0.358 e. The molecule has 0 unspecified atom stereocenters. The van der Waals surface area contributed by atoms with Gasteiger partial charge in [-0.15, -0.1) is 0 Å². The number of nitrogens with zero attached hydrogens (tertiary/aromatic N) is 4. The molecule has 1 fully saturated rings. The molecule has 2 rings (SSSR count). The molecule has 0 aliphatic carbocycles. The monoisotopic (exact) mass is 266 g/mol. The van der Waals surface area contributed by atoms with Gasteiger partial charge in [-0.05, 0) is 11.3 Å². The van der Waals surface area contributed by atoms with E-state index in [9.17, 15) is 19.7 Å². The predicted octanol–water partition coefficient (Wildman–Crippen LogP) is 0.639. The van der Waals surface area contributed by atoms with Crippen molar-refractivity contribution >= 4 is 17.6 Å². The summed E-state index contributed by atoms with van der Waals surface area (Å²) in [7, 11) is 0. The molecule has 1 aliphatic rings. The van der Waals surface area contributed by atoms with Crippen LogP contribution in [0.4, 0.5) is 5.82 Å². The minimum atomic E-state index is -0.528. The maximum atomic E-state index is 11.6.